The summed E-state index contributed by atoms with van der Waals surface area (Å²) in [6.07, 6.45) is 1.79. The van der Waals surface area contributed by atoms with Crippen LogP contribution < -0.4 is 10.9 Å². The number of esters is 1. The molecule has 128 valence electrons. The molecule has 0 radical (unpaired) electrons. The minimum Gasteiger partial charge on any atom is -0.467 e. The highest BCUT2D eigenvalue weighted by atomic mass is 16.5. The second-order valence-corrected chi connectivity index (χ2v) is 5.97. The van der Waals surface area contributed by atoms with Crippen LogP contribution in [-0.4, -0.2) is 34.6 Å². The van der Waals surface area contributed by atoms with E-state index in [2.05, 4.69) is 10.3 Å². The number of nitrogens with zero attached hydrogens (tertiary/aromatic N) is 2. The fourth-order valence-electron chi connectivity index (χ4n) is 2.44. The van der Waals surface area contributed by atoms with Gasteiger partial charge < -0.3 is 10.1 Å². The van der Waals surface area contributed by atoms with Crippen molar-refractivity contribution in [1.29, 1.82) is 0 Å². The number of benzene rings is 1. The Kier molecular flexibility index (Phi) is 5.68. The number of rotatable bonds is 6. The number of carbonyl (C=O) groups excluding carboxylic acids is 2. The summed E-state index contributed by atoms with van der Waals surface area (Å²) >= 11 is 0. The monoisotopic (exact) mass is 331 g/mol. The highest BCUT2D eigenvalue weighted by molar-refractivity contribution is 5.84. The molecule has 0 aliphatic carbocycles. The highest BCUT2D eigenvalue weighted by Gasteiger charge is 2.22. The number of hydrogen-bond acceptors (Lipinski definition) is 5. The zero-order chi connectivity index (χ0) is 17.7. The maximum absolute atomic E-state index is 12.4. The lowest BCUT2D eigenvalue weighted by Crippen LogP contribution is -2.44. The van der Waals surface area contributed by atoms with Crippen molar-refractivity contribution in [2.75, 3.05) is 7.11 Å². The summed E-state index contributed by atoms with van der Waals surface area (Å²) in [5.74, 6) is -0.731. The molecule has 1 heterocycles. The molecule has 2 rings (SSSR count). The predicted molar refractivity (Wildman–Crippen MR) is 89.4 cm³/mol. The fraction of sp³-hybridized carbons (Fsp3) is 0.412. The van der Waals surface area contributed by atoms with Gasteiger partial charge in [-0.2, -0.15) is 0 Å². The van der Waals surface area contributed by atoms with Crippen LogP contribution in [0.2, 0.25) is 0 Å². The summed E-state index contributed by atoms with van der Waals surface area (Å²) in [5, 5.41) is 3.07. The summed E-state index contributed by atoms with van der Waals surface area (Å²) in [5.41, 5.74) is 0.278. The molecule has 1 atom stereocenters. The van der Waals surface area contributed by atoms with E-state index < -0.39 is 17.9 Å². The molecule has 0 bridgehead atoms. The highest BCUT2D eigenvalue weighted by Crippen LogP contribution is 2.07. The van der Waals surface area contributed by atoms with Crippen LogP contribution in [0.1, 0.15) is 20.3 Å². The second kappa shape index (κ2) is 7.72. The van der Waals surface area contributed by atoms with Crippen molar-refractivity contribution < 1.29 is 14.3 Å². The average molecular weight is 331 g/mol. The molecule has 7 heteroatoms. The first kappa shape index (κ1) is 17.7. The number of aromatic nitrogens is 2. The van der Waals surface area contributed by atoms with Gasteiger partial charge in [0.2, 0.25) is 5.91 Å². The van der Waals surface area contributed by atoms with E-state index in [1.807, 2.05) is 13.8 Å². The molecular weight excluding hydrogens is 310 g/mol. The molecule has 0 fully saturated rings. The molecule has 1 N–H and O–H groups in total. The molecule has 0 spiro atoms. The van der Waals surface area contributed by atoms with Crippen LogP contribution in [0.3, 0.4) is 0 Å². The van der Waals surface area contributed by atoms with Crippen molar-refractivity contribution in [2.24, 2.45) is 5.92 Å². The Morgan fingerprint density at radius 1 is 1.29 bits per heavy atom. The molecule has 0 aliphatic heterocycles. The van der Waals surface area contributed by atoms with Crippen molar-refractivity contribution in [1.82, 2.24) is 14.9 Å². The van der Waals surface area contributed by atoms with E-state index in [1.165, 1.54) is 18.0 Å². The van der Waals surface area contributed by atoms with Gasteiger partial charge in [0.25, 0.3) is 5.56 Å². The minimum atomic E-state index is -0.730. The van der Waals surface area contributed by atoms with Crippen LogP contribution in [0.15, 0.2) is 35.4 Å². The SMILES string of the molecule is COC(=O)[C@H](CC(C)C)NC(=O)Cn1cnc2ccccc2c1=O. The smallest absolute Gasteiger partial charge is 0.328 e. The van der Waals surface area contributed by atoms with Gasteiger partial charge in [-0.05, 0) is 24.5 Å². The standard InChI is InChI=1S/C17H21N3O4/c1-11(2)8-14(17(23)24-3)19-15(21)9-20-10-18-13-7-5-4-6-12(13)16(20)22/h4-7,10-11,14H,8-9H2,1-3H3,(H,19,21)/t14-/m0/s1. The summed E-state index contributed by atoms with van der Waals surface area (Å²) in [6.45, 7) is 3.68. The molecule has 1 amide bonds. The zero-order valence-electron chi connectivity index (χ0n) is 14.0. The number of nitrogens with one attached hydrogen (secondary N) is 1. The number of hydrogen-bond donors (Lipinski definition) is 1. The first-order valence-electron chi connectivity index (χ1n) is 7.73. The largest absolute Gasteiger partial charge is 0.467 e. The van der Waals surface area contributed by atoms with Crippen LogP contribution in [0.25, 0.3) is 10.9 Å². The van der Waals surface area contributed by atoms with Crippen molar-refractivity contribution in [3.05, 3.63) is 40.9 Å². The second-order valence-electron chi connectivity index (χ2n) is 5.97. The van der Waals surface area contributed by atoms with Gasteiger partial charge in [-0.1, -0.05) is 26.0 Å². The maximum atomic E-state index is 12.4. The van der Waals surface area contributed by atoms with E-state index in [9.17, 15) is 14.4 Å². The van der Waals surface area contributed by atoms with E-state index in [1.54, 1.807) is 24.3 Å². The minimum absolute atomic E-state index is 0.206. The van der Waals surface area contributed by atoms with Gasteiger partial charge in [-0.3, -0.25) is 14.2 Å². The van der Waals surface area contributed by atoms with E-state index in [4.69, 9.17) is 4.74 Å². The molecule has 0 saturated heterocycles. The van der Waals surface area contributed by atoms with Crippen molar-refractivity contribution >= 4 is 22.8 Å². The molecule has 1 aromatic carbocycles. The molecule has 7 nitrogen and oxygen atoms in total. The summed E-state index contributed by atoms with van der Waals surface area (Å²) in [4.78, 5) is 40.5. The van der Waals surface area contributed by atoms with E-state index in [0.717, 1.165) is 0 Å². The first-order chi connectivity index (χ1) is 11.4. The summed E-state index contributed by atoms with van der Waals surface area (Å²) in [6, 6.07) is 6.20. The zero-order valence-corrected chi connectivity index (χ0v) is 14.0. The third-order valence-corrected chi connectivity index (χ3v) is 3.57. The van der Waals surface area contributed by atoms with Crippen molar-refractivity contribution in [3.8, 4) is 0 Å². The topological polar surface area (TPSA) is 90.3 Å². The normalized spacial score (nSPS) is 12.2. The lowest BCUT2D eigenvalue weighted by atomic mass is 10.0. The number of methoxy groups -OCH3 is 1. The Morgan fingerprint density at radius 3 is 2.67 bits per heavy atom. The molecule has 0 unspecified atom stereocenters. The number of fused-ring (bicyclic) bond motifs is 1. The predicted octanol–water partition coefficient (Wildman–Crippen LogP) is 1.10. The Bertz CT molecular complexity index is 798. The Morgan fingerprint density at radius 2 is 2.00 bits per heavy atom. The molecule has 0 aliphatic rings. The fourth-order valence-corrected chi connectivity index (χ4v) is 2.44. The molecule has 1 aromatic heterocycles. The van der Waals surface area contributed by atoms with Crippen LogP contribution in [0.4, 0.5) is 0 Å². The average Bonchev–Trinajstić information content (AvgIpc) is 2.56. The van der Waals surface area contributed by atoms with Gasteiger partial charge >= 0.3 is 5.97 Å². The number of ether oxygens (including phenoxy) is 1. The molecule has 2 aromatic rings. The Hall–Kier alpha value is -2.70. The number of carbonyl (C=O) groups is 2. The number of para-hydroxylation sites is 1. The van der Waals surface area contributed by atoms with Gasteiger partial charge in [0.05, 0.1) is 24.3 Å². The van der Waals surface area contributed by atoms with Gasteiger partial charge in [0.1, 0.15) is 12.6 Å². The van der Waals surface area contributed by atoms with Crippen LogP contribution >= 0.6 is 0 Å². The first-order valence-corrected chi connectivity index (χ1v) is 7.73. The van der Waals surface area contributed by atoms with Gasteiger partial charge in [0.15, 0.2) is 0 Å². The van der Waals surface area contributed by atoms with Crippen LogP contribution in [0.5, 0.6) is 0 Å². The van der Waals surface area contributed by atoms with Crippen LogP contribution in [-0.2, 0) is 20.9 Å². The number of amides is 1. The van der Waals surface area contributed by atoms with Crippen LogP contribution in [0, 0.1) is 5.92 Å². The quantitative estimate of drug-likeness (QED) is 0.801. The third kappa shape index (κ3) is 4.18. The van der Waals surface area contributed by atoms with Crippen molar-refractivity contribution in [2.45, 2.75) is 32.9 Å². The van der Waals surface area contributed by atoms with Gasteiger partial charge in [0, 0.05) is 0 Å². The van der Waals surface area contributed by atoms with Gasteiger partial charge in [-0.25, -0.2) is 9.78 Å². The molecule has 24 heavy (non-hydrogen) atoms. The summed E-state index contributed by atoms with van der Waals surface area (Å²) in [7, 11) is 1.28. The lowest BCUT2D eigenvalue weighted by molar-refractivity contribution is -0.145. The van der Waals surface area contributed by atoms with Gasteiger partial charge in [-0.15, -0.1) is 0 Å². The summed E-state index contributed by atoms with van der Waals surface area (Å²) < 4.78 is 5.93. The third-order valence-electron chi connectivity index (χ3n) is 3.57. The Balaban J connectivity index is 2.15. The van der Waals surface area contributed by atoms with Crippen molar-refractivity contribution in [3.63, 3.8) is 0 Å². The lowest BCUT2D eigenvalue weighted by Gasteiger charge is -2.18. The Labute approximate surface area is 139 Å². The van der Waals surface area contributed by atoms with E-state index in [-0.39, 0.29) is 18.0 Å². The van der Waals surface area contributed by atoms with E-state index in [0.29, 0.717) is 17.3 Å². The van der Waals surface area contributed by atoms with E-state index >= 15 is 0 Å². The molecule has 0 saturated carbocycles. The maximum Gasteiger partial charge on any atom is 0.328 e. The molecular formula is C17H21N3O4.